The van der Waals surface area contributed by atoms with Gasteiger partial charge in [0, 0.05) is 20.0 Å². The van der Waals surface area contributed by atoms with Gasteiger partial charge >= 0.3 is 5.97 Å². The molecule has 0 spiro atoms. The molecule has 1 N–H and O–H groups in total. The van der Waals surface area contributed by atoms with Gasteiger partial charge in [-0.05, 0) is 17.7 Å². The molecule has 0 atom stereocenters. The van der Waals surface area contributed by atoms with E-state index in [4.69, 9.17) is 9.84 Å². The summed E-state index contributed by atoms with van der Waals surface area (Å²) >= 11 is 0. The van der Waals surface area contributed by atoms with Crippen molar-refractivity contribution >= 4 is 11.9 Å². The summed E-state index contributed by atoms with van der Waals surface area (Å²) in [6, 6.07) is 7.33. The van der Waals surface area contributed by atoms with E-state index in [0.717, 1.165) is 11.3 Å². The van der Waals surface area contributed by atoms with Gasteiger partial charge in [-0.15, -0.1) is 0 Å². The van der Waals surface area contributed by atoms with E-state index in [1.54, 1.807) is 7.11 Å². The molecular weight excluding hydrogens is 234 g/mol. The molecule has 0 aromatic heterocycles. The SMILES string of the molecule is COc1ccc(CN(CCC(=O)O)C(C)=O)cc1. The number of hydrogen-bond acceptors (Lipinski definition) is 3. The van der Waals surface area contributed by atoms with E-state index in [9.17, 15) is 9.59 Å². The minimum absolute atomic E-state index is 0.0459. The predicted molar refractivity (Wildman–Crippen MR) is 66.3 cm³/mol. The molecule has 98 valence electrons. The molecule has 1 rings (SSSR count). The summed E-state index contributed by atoms with van der Waals surface area (Å²) in [6.45, 7) is 2.06. The number of carbonyl (C=O) groups excluding carboxylic acids is 1. The Labute approximate surface area is 106 Å². The fraction of sp³-hybridized carbons (Fsp3) is 0.385. The Hall–Kier alpha value is -2.04. The predicted octanol–water partition coefficient (Wildman–Crippen LogP) is 1.52. The van der Waals surface area contributed by atoms with Crippen molar-refractivity contribution in [3.63, 3.8) is 0 Å². The van der Waals surface area contributed by atoms with Gasteiger partial charge in [0.05, 0.1) is 13.5 Å². The Morgan fingerprint density at radius 3 is 2.33 bits per heavy atom. The van der Waals surface area contributed by atoms with Crippen molar-refractivity contribution < 1.29 is 19.4 Å². The lowest BCUT2D eigenvalue weighted by Crippen LogP contribution is -2.30. The maximum absolute atomic E-state index is 11.4. The lowest BCUT2D eigenvalue weighted by atomic mass is 10.2. The van der Waals surface area contributed by atoms with Crippen LogP contribution < -0.4 is 4.74 Å². The van der Waals surface area contributed by atoms with Crippen LogP contribution in [0.3, 0.4) is 0 Å². The minimum Gasteiger partial charge on any atom is -0.497 e. The molecule has 1 amide bonds. The number of carboxylic acid groups (broad SMARTS) is 1. The van der Waals surface area contributed by atoms with Crippen LogP contribution >= 0.6 is 0 Å². The lowest BCUT2D eigenvalue weighted by molar-refractivity contribution is -0.138. The zero-order valence-corrected chi connectivity index (χ0v) is 10.5. The van der Waals surface area contributed by atoms with Crippen molar-refractivity contribution in [1.29, 1.82) is 0 Å². The van der Waals surface area contributed by atoms with Gasteiger partial charge in [0.15, 0.2) is 0 Å². The van der Waals surface area contributed by atoms with Gasteiger partial charge in [-0.1, -0.05) is 12.1 Å². The van der Waals surface area contributed by atoms with Crippen molar-refractivity contribution in [2.24, 2.45) is 0 Å². The molecule has 5 heteroatoms. The zero-order chi connectivity index (χ0) is 13.5. The van der Waals surface area contributed by atoms with Crippen LogP contribution in [0.5, 0.6) is 5.75 Å². The van der Waals surface area contributed by atoms with Gasteiger partial charge < -0.3 is 14.7 Å². The van der Waals surface area contributed by atoms with Gasteiger partial charge in [0.1, 0.15) is 5.75 Å². The first-order valence-electron chi connectivity index (χ1n) is 5.63. The van der Waals surface area contributed by atoms with E-state index >= 15 is 0 Å². The lowest BCUT2D eigenvalue weighted by Gasteiger charge is -2.20. The van der Waals surface area contributed by atoms with Gasteiger partial charge in [-0.3, -0.25) is 9.59 Å². The Balaban J connectivity index is 2.64. The number of methoxy groups -OCH3 is 1. The Morgan fingerprint density at radius 1 is 1.28 bits per heavy atom. The fourth-order valence-corrected chi connectivity index (χ4v) is 1.53. The summed E-state index contributed by atoms with van der Waals surface area (Å²) in [6.07, 6.45) is -0.0459. The third-order valence-electron chi connectivity index (χ3n) is 2.57. The smallest absolute Gasteiger partial charge is 0.305 e. The van der Waals surface area contributed by atoms with Crippen molar-refractivity contribution in [3.05, 3.63) is 29.8 Å². The number of hydrogen-bond donors (Lipinski definition) is 1. The molecule has 18 heavy (non-hydrogen) atoms. The zero-order valence-electron chi connectivity index (χ0n) is 10.5. The second kappa shape index (κ2) is 6.64. The number of aliphatic carboxylic acids is 1. The molecule has 0 radical (unpaired) electrons. The van der Waals surface area contributed by atoms with Crippen LogP contribution in [0, 0.1) is 0 Å². The van der Waals surface area contributed by atoms with Gasteiger partial charge in [0.25, 0.3) is 0 Å². The first kappa shape index (κ1) is 14.0. The molecule has 0 bridgehead atoms. The summed E-state index contributed by atoms with van der Waals surface area (Å²) in [7, 11) is 1.59. The van der Waals surface area contributed by atoms with Crippen LogP contribution in [-0.2, 0) is 16.1 Å². The summed E-state index contributed by atoms with van der Waals surface area (Å²) in [4.78, 5) is 23.4. The highest BCUT2D eigenvalue weighted by Crippen LogP contribution is 2.13. The third kappa shape index (κ3) is 4.45. The molecule has 0 aliphatic rings. The topological polar surface area (TPSA) is 66.8 Å². The Bertz CT molecular complexity index is 414. The highest BCUT2D eigenvalue weighted by Gasteiger charge is 2.11. The van der Waals surface area contributed by atoms with Crippen LogP contribution in [0.25, 0.3) is 0 Å². The highest BCUT2D eigenvalue weighted by atomic mass is 16.5. The van der Waals surface area contributed by atoms with Gasteiger partial charge in [-0.25, -0.2) is 0 Å². The molecule has 1 aromatic carbocycles. The first-order chi connectivity index (χ1) is 8.52. The summed E-state index contributed by atoms with van der Waals surface area (Å²) in [5.41, 5.74) is 0.941. The number of benzene rings is 1. The maximum Gasteiger partial charge on any atom is 0.305 e. The highest BCUT2D eigenvalue weighted by molar-refractivity contribution is 5.74. The van der Waals surface area contributed by atoms with Crippen LogP contribution in [0.15, 0.2) is 24.3 Å². The van der Waals surface area contributed by atoms with E-state index in [1.807, 2.05) is 24.3 Å². The second-order valence-electron chi connectivity index (χ2n) is 3.93. The second-order valence-corrected chi connectivity index (χ2v) is 3.93. The van der Waals surface area contributed by atoms with Crippen LogP contribution in [0.4, 0.5) is 0 Å². The number of carboxylic acids is 1. The van der Waals surface area contributed by atoms with Gasteiger partial charge in [-0.2, -0.15) is 0 Å². The number of ether oxygens (including phenoxy) is 1. The molecular formula is C13H17NO4. The normalized spacial score (nSPS) is 9.89. The van der Waals surface area contributed by atoms with Crippen molar-refractivity contribution in [2.45, 2.75) is 19.9 Å². The summed E-state index contributed by atoms with van der Waals surface area (Å²) in [5, 5.41) is 8.62. The molecule has 5 nitrogen and oxygen atoms in total. The summed E-state index contributed by atoms with van der Waals surface area (Å²) in [5.74, 6) is -0.290. The van der Waals surface area contributed by atoms with E-state index in [2.05, 4.69) is 0 Å². The molecule has 0 aliphatic heterocycles. The van der Waals surface area contributed by atoms with Crippen LogP contribution in [0.1, 0.15) is 18.9 Å². The first-order valence-corrected chi connectivity index (χ1v) is 5.63. The van der Waals surface area contributed by atoms with E-state index in [1.165, 1.54) is 11.8 Å². The molecule has 0 unspecified atom stereocenters. The quantitative estimate of drug-likeness (QED) is 0.832. The number of carbonyl (C=O) groups is 2. The standard InChI is InChI=1S/C13H17NO4/c1-10(15)14(8-7-13(16)17)9-11-3-5-12(18-2)6-4-11/h3-6H,7-9H2,1-2H3,(H,16,17). The molecule has 0 heterocycles. The summed E-state index contributed by atoms with van der Waals surface area (Å²) < 4.78 is 5.04. The minimum atomic E-state index is -0.906. The van der Waals surface area contributed by atoms with E-state index in [-0.39, 0.29) is 18.9 Å². The van der Waals surface area contributed by atoms with Crippen LogP contribution in [0.2, 0.25) is 0 Å². The number of rotatable bonds is 6. The number of amides is 1. The van der Waals surface area contributed by atoms with Gasteiger partial charge in [0.2, 0.25) is 5.91 Å². The Kier molecular flexibility index (Phi) is 5.17. The van der Waals surface area contributed by atoms with Crippen molar-refractivity contribution in [3.8, 4) is 5.75 Å². The van der Waals surface area contributed by atoms with Crippen molar-refractivity contribution in [2.75, 3.05) is 13.7 Å². The largest absolute Gasteiger partial charge is 0.497 e. The molecule has 0 saturated heterocycles. The molecule has 0 fully saturated rings. The number of nitrogens with zero attached hydrogens (tertiary/aromatic N) is 1. The van der Waals surface area contributed by atoms with E-state index < -0.39 is 5.97 Å². The monoisotopic (exact) mass is 251 g/mol. The third-order valence-corrected chi connectivity index (χ3v) is 2.57. The van der Waals surface area contributed by atoms with Crippen LogP contribution in [-0.4, -0.2) is 35.5 Å². The molecule has 1 aromatic rings. The maximum atomic E-state index is 11.4. The average Bonchev–Trinajstić information content (AvgIpc) is 2.34. The molecule has 0 saturated carbocycles. The van der Waals surface area contributed by atoms with E-state index in [0.29, 0.717) is 6.54 Å². The van der Waals surface area contributed by atoms with Crippen molar-refractivity contribution in [1.82, 2.24) is 4.90 Å². The average molecular weight is 251 g/mol. The molecule has 0 aliphatic carbocycles. The Morgan fingerprint density at radius 2 is 1.89 bits per heavy atom. The fourth-order valence-electron chi connectivity index (χ4n) is 1.53.